The average Bonchev–Trinajstić information content (AvgIpc) is 2.83. The number of anilines is 1. The Kier molecular flexibility index (Phi) is 3.42. The summed E-state index contributed by atoms with van der Waals surface area (Å²) in [7, 11) is 0. The Hall–Kier alpha value is -1.55. The van der Waals surface area contributed by atoms with Gasteiger partial charge < -0.3 is 10.1 Å². The van der Waals surface area contributed by atoms with E-state index in [0.29, 0.717) is 12.5 Å². The molecule has 19 heavy (non-hydrogen) atoms. The minimum absolute atomic E-state index is 0.0518. The van der Waals surface area contributed by atoms with E-state index in [2.05, 4.69) is 5.32 Å². The van der Waals surface area contributed by atoms with Crippen molar-refractivity contribution >= 4 is 11.8 Å². The van der Waals surface area contributed by atoms with Crippen LogP contribution in [-0.2, 0) is 4.74 Å². The molecule has 0 saturated carbocycles. The number of hydrogen-bond donors (Lipinski definition) is 1. The highest BCUT2D eigenvalue weighted by Crippen LogP contribution is 2.28. The molecule has 1 unspecified atom stereocenters. The molecule has 2 aliphatic heterocycles. The van der Waals surface area contributed by atoms with E-state index in [0.717, 1.165) is 31.6 Å². The maximum atomic E-state index is 12.0. The summed E-state index contributed by atoms with van der Waals surface area (Å²) in [4.78, 5) is 13.8. The number of hydrogen-bond acceptors (Lipinski definition) is 3. The summed E-state index contributed by atoms with van der Waals surface area (Å²) in [6, 6.07) is 8.03. The molecule has 2 aliphatic rings. The number of aryl methyl sites for hydroxylation is 1. The third kappa shape index (κ3) is 2.59. The Morgan fingerprint density at radius 3 is 2.58 bits per heavy atom. The predicted molar refractivity (Wildman–Crippen MR) is 74.4 cm³/mol. The molecule has 2 saturated heterocycles. The lowest BCUT2D eigenvalue weighted by Crippen LogP contribution is -2.36. The smallest absolute Gasteiger partial charge is 0.414 e. The lowest BCUT2D eigenvalue weighted by molar-refractivity contribution is 0.0919. The van der Waals surface area contributed by atoms with Gasteiger partial charge in [0.1, 0.15) is 6.10 Å². The fraction of sp³-hybridized carbons (Fsp3) is 0.533. The molecule has 102 valence electrons. The van der Waals surface area contributed by atoms with Gasteiger partial charge in [0.25, 0.3) is 0 Å². The highest BCUT2D eigenvalue weighted by molar-refractivity contribution is 5.89. The third-order valence-electron chi connectivity index (χ3n) is 4.09. The summed E-state index contributed by atoms with van der Waals surface area (Å²) in [5, 5.41) is 3.34. The molecule has 2 fully saturated rings. The molecule has 1 aromatic rings. The number of carbonyl (C=O) groups is 1. The third-order valence-corrected chi connectivity index (χ3v) is 4.09. The first kappa shape index (κ1) is 12.5. The first-order chi connectivity index (χ1) is 9.24. The van der Waals surface area contributed by atoms with Crippen molar-refractivity contribution in [2.45, 2.75) is 25.9 Å². The van der Waals surface area contributed by atoms with Crippen LogP contribution >= 0.6 is 0 Å². The van der Waals surface area contributed by atoms with Crippen LogP contribution in [0.15, 0.2) is 24.3 Å². The Labute approximate surface area is 113 Å². The minimum atomic E-state index is -0.201. The van der Waals surface area contributed by atoms with E-state index in [-0.39, 0.29) is 12.2 Å². The number of amides is 1. The van der Waals surface area contributed by atoms with Crippen LogP contribution in [0, 0.1) is 12.8 Å². The summed E-state index contributed by atoms with van der Waals surface area (Å²) in [5.41, 5.74) is 2.14. The van der Waals surface area contributed by atoms with Crippen LogP contribution in [0.25, 0.3) is 0 Å². The number of carbonyl (C=O) groups excluding carboxylic acids is 1. The molecule has 4 heteroatoms. The zero-order valence-electron chi connectivity index (χ0n) is 11.3. The number of nitrogens with one attached hydrogen (secondary N) is 1. The second-order valence-corrected chi connectivity index (χ2v) is 5.46. The van der Waals surface area contributed by atoms with Gasteiger partial charge >= 0.3 is 6.09 Å². The van der Waals surface area contributed by atoms with Crippen LogP contribution in [0.4, 0.5) is 10.5 Å². The van der Waals surface area contributed by atoms with Gasteiger partial charge in [-0.05, 0) is 45.0 Å². The summed E-state index contributed by atoms with van der Waals surface area (Å²) < 4.78 is 5.56. The molecule has 1 N–H and O–H groups in total. The van der Waals surface area contributed by atoms with Gasteiger partial charge in [0.05, 0.1) is 6.54 Å². The van der Waals surface area contributed by atoms with Crippen molar-refractivity contribution in [1.29, 1.82) is 0 Å². The number of piperidine rings is 1. The number of rotatable bonds is 2. The van der Waals surface area contributed by atoms with Crippen LogP contribution < -0.4 is 10.2 Å². The quantitative estimate of drug-likeness (QED) is 0.887. The molecular weight excluding hydrogens is 240 g/mol. The summed E-state index contributed by atoms with van der Waals surface area (Å²) in [6.07, 6.45) is 2.04. The molecule has 1 aromatic carbocycles. The standard InChI is InChI=1S/C15H20N2O2/c1-11-2-4-13(5-3-11)17-10-14(19-15(17)18)12-6-8-16-9-7-12/h2-5,12,14,16H,6-10H2,1H3. The number of benzene rings is 1. The zero-order chi connectivity index (χ0) is 13.2. The summed E-state index contributed by atoms with van der Waals surface area (Å²) in [6.45, 7) is 4.79. The van der Waals surface area contributed by atoms with Crippen molar-refractivity contribution in [2.75, 3.05) is 24.5 Å². The number of ether oxygens (including phenoxy) is 1. The van der Waals surface area contributed by atoms with Gasteiger partial charge in [-0.25, -0.2) is 4.79 Å². The fourth-order valence-electron chi connectivity index (χ4n) is 2.88. The highest BCUT2D eigenvalue weighted by atomic mass is 16.6. The lowest BCUT2D eigenvalue weighted by Gasteiger charge is -2.26. The van der Waals surface area contributed by atoms with Gasteiger partial charge in [0, 0.05) is 11.6 Å². The van der Waals surface area contributed by atoms with Gasteiger partial charge in [-0.1, -0.05) is 17.7 Å². The van der Waals surface area contributed by atoms with Crippen LogP contribution in [0.5, 0.6) is 0 Å². The van der Waals surface area contributed by atoms with Crippen molar-refractivity contribution in [2.24, 2.45) is 5.92 Å². The monoisotopic (exact) mass is 260 g/mol. The summed E-state index contributed by atoms with van der Waals surface area (Å²) >= 11 is 0. The maximum absolute atomic E-state index is 12.0. The Morgan fingerprint density at radius 1 is 1.21 bits per heavy atom. The van der Waals surface area contributed by atoms with E-state index in [9.17, 15) is 4.79 Å². The van der Waals surface area contributed by atoms with Crippen molar-refractivity contribution in [3.63, 3.8) is 0 Å². The normalized spacial score (nSPS) is 24.6. The molecule has 4 nitrogen and oxygen atoms in total. The van der Waals surface area contributed by atoms with Crippen molar-refractivity contribution in [1.82, 2.24) is 5.32 Å². The number of cyclic esters (lactones) is 1. The molecule has 2 heterocycles. The Bertz CT molecular complexity index is 452. The van der Waals surface area contributed by atoms with E-state index in [1.165, 1.54) is 5.56 Å². The van der Waals surface area contributed by atoms with Crippen LogP contribution in [-0.4, -0.2) is 31.8 Å². The molecule has 3 rings (SSSR count). The summed E-state index contributed by atoms with van der Waals surface area (Å²) in [5.74, 6) is 0.501. The van der Waals surface area contributed by atoms with Crippen molar-refractivity contribution in [3.8, 4) is 0 Å². The van der Waals surface area contributed by atoms with Crippen molar-refractivity contribution in [3.05, 3.63) is 29.8 Å². The zero-order valence-corrected chi connectivity index (χ0v) is 11.3. The molecule has 0 aromatic heterocycles. The molecular formula is C15H20N2O2. The topological polar surface area (TPSA) is 41.6 Å². The molecule has 1 amide bonds. The average molecular weight is 260 g/mol. The van der Waals surface area contributed by atoms with Gasteiger partial charge in [0.15, 0.2) is 0 Å². The second-order valence-electron chi connectivity index (χ2n) is 5.46. The maximum Gasteiger partial charge on any atom is 0.414 e. The van der Waals surface area contributed by atoms with E-state index in [4.69, 9.17) is 4.74 Å². The minimum Gasteiger partial charge on any atom is -0.444 e. The van der Waals surface area contributed by atoms with E-state index in [1.54, 1.807) is 4.90 Å². The van der Waals surface area contributed by atoms with Crippen molar-refractivity contribution < 1.29 is 9.53 Å². The van der Waals surface area contributed by atoms with Crippen LogP contribution in [0.2, 0.25) is 0 Å². The van der Waals surface area contributed by atoms with Gasteiger partial charge in [0.2, 0.25) is 0 Å². The molecule has 0 bridgehead atoms. The highest BCUT2D eigenvalue weighted by Gasteiger charge is 2.37. The molecule has 1 atom stereocenters. The molecule has 0 spiro atoms. The first-order valence-electron chi connectivity index (χ1n) is 6.99. The SMILES string of the molecule is Cc1ccc(N2CC(C3CCNCC3)OC2=O)cc1. The Morgan fingerprint density at radius 2 is 1.89 bits per heavy atom. The molecule has 0 radical (unpaired) electrons. The van der Waals surface area contributed by atoms with E-state index < -0.39 is 0 Å². The predicted octanol–water partition coefficient (Wildman–Crippen LogP) is 2.32. The second kappa shape index (κ2) is 5.21. The lowest BCUT2D eigenvalue weighted by atomic mass is 9.92. The first-order valence-corrected chi connectivity index (χ1v) is 6.99. The largest absolute Gasteiger partial charge is 0.444 e. The number of nitrogens with zero attached hydrogens (tertiary/aromatic N) is 1. The van der Waals surface area contributed by atoms with Gasteiger partial charge in [-0.3, -0.25) is 4.90 Å². The fourth-order valence-corrected chi connectivity index (χ4v) is 2.88. The van der Waals surface area contributed by atoms with Gasteiger partial charge in [-0.2, -0.15) is 0 Å². The van der Waals surface area contributed by atoms with Crippen LogP contribution in [0.1, 0.15) is 18.4 Å². The van der Waals surface area contributed by atoms with Gasteiger partial charge in [-0.15, -0.1) is 0 Å². The van der Waals surface area contributed by atoms with E-state index >= 15 is 0 Å². The Balaban J connectivity index is 1.70. The van der Waals surface area contributed by atoms with Crippen LogP contribution in [0.3, 0.4) is 0 Å². The molecule has 0 aliphatic carbocycles. The van der Waals surface area contributed by atoms with E-state index in [1.807, 2.05) is 31.2 Å².